The largest absolute Gasteiger partial charge is 0.390 e. The van der Waals surface area contributed by atoms with E-state index in [-0.39, 0.29) is 5.41 Å². The summed E-state index contributed by atoms with van der Waals surface area (Å²) in [5, 5.41) is 10.7. The van der Waals surface area contributed by atoms with Crippen LogP contribution in [0.4, 0.5) is 0 Å². The molecule has 3 nitrogen and oxygen atoms in total. The van der Waals surface area contributed by atoms with Crippen molar-refractivity contribution in [3.8, 4) is 0 Å². The van der Waals surface area contributed by atoms with Crippen LogP contribution in [-0.2, 0) is 4.79 Å². The predicted octanol–water partition coefficient (Wildman–Crippen LogP) is 5.31. The molecular weight excluding hydrogens is 370 g/mol. The van der Waals surface area contributed by atoms with Crippen molar-refractivity contribution in [2.24, 2.45) is 46.3 Å². The zero-order valence-corrected chi connectivity index (χ0v) is 20.0. The van der Waals surface area contributed by atoms with Crippen molar-refractivity contribution < 1.29 is 9.90 Å². The highest BCUT2D eigenvalue weighted by Crippen LogP contribution is 2.69. The minimum atomic E-state index is -0.434. The van der Waals surface area contributed by atoms with Crippen LogP contribution < -0.4 is 0 Å². The third kappa shape index (κ3) is 3.33. The molecule has 0 aromatic carbocycles. The van der Waals surface area contributed by atoms with Crippen LogP contribution in [0, 0.1) is 46.3 Å². The summed E-state index contributed by atoms with van der Waals surface area (Å²) in [7, 11) is 0. The van der Waals surface area contributed by atoms with Crippen LogP contribution in [0.5, 0.6) is 0 Å². The maximum absolute atomic E-state index is 13.5. The van der Waals surface area contributed by atoms with Crippen LogP contribution in [0.25, 0.3) is 0 Å². The molecule has 1 aliphatic heterocycles. The van der Waals surface area contributed by atoms with Crippen LogP contribution >= 0.6 is 0 Å². The van der Waals surface area contributed by atoms with Crippen molar-refractivity contribution in [1.29, 1.82) is 0 Å². The molecule has 0 spiro atoms. The molecule has 0 aromatic heterocycles. The van der Waals surface area contributed by atoms with Gasteiger partial charge < -0.3 is 5.11 Å². The van der Waals surface area contributed by atoms with Crippen molar-refractivity contribution in [2.75, 3.05) is 19.6 Å². The van der Waals surface area contributed by atoms with Crippen LogP contribution in [-0.4, -0.2) is 41.0 Å². The van der Waals surface area contributed by atoms with Gasteiger partial charge in [-0.25, -0.2) is 0 Å². The maximum atomic E-state index is 13.5. The van der Waals surface area contributed by atoms with E-state index in [1.807, 2.05) is 0 Å². The number of Topliss-reactive ketones (excluding diaryl/α,β-unsaturated/α-hetero) is 1. The van der Waals surface area contributed by atoms with Crippen molar-refractivity contribution in [3.63, 3.8) is 0 Å². The maximum Gasteiger partial charge on any atom is 0.150 e. The number of fused-ring (bicyclic) bond motifs is 5. The summed E-state index contributed by atoms with van der Waals surface area (Å²) in [6.45, 7) is 12.4. The number of ketones is 1. The molecule has 4 saturated carbocycles. The topological polar surface area (TPSA) is 40.5 Å². The molecule has 3 heteroatoms. The van der Waals surface area contributed by atoms with Gasteiger partial charge in [-0.1, -0.05) is 20.8 Å². The van der Waals surface area contributed by atoms with E-state index in [2.05, 4.69) is 32.6 Å². The first-order chi connectivity index (χ1) is 14.1. The summed E-state index contributed by atoms with van der Waals surface area (Å²) in [6.07, 6.45) is 12.1. The summed E-state index contributed by atoms with van der Waals surface area (Å²) in [5.74, 6) is 4.68. The Bertz CT molecular complexity index is 688. The molecular formula is C27H45NO2. The first-order valence-electron chi connectivity index (χ1n) is 13.1. The fourth-order valence-electron chi connectivity index (χ4n) is 9.69. The number of nitrogens with zero attached hydrogens (tertiary/aromatic N) is 1. The van der Waals surface area contributed by atoms with E-state index < -0.39 is 5.60 Å². The zero-order chi connectivity index (χ0) is 21.3. The third-order valence-electron chi connectivity index (χ3n) is 11.1. The molecule has 9 atom stereocenters. The van der Waals surface area contributed by atoms with E-state index in [0.717, 1.165) is 61.9 Å². The van der Waals surface area contributed by atoms with Gasteiger partial charge in [0.25, 0.3) is 0 Å². The number of carbonyl (C=O) groups is 1. The SMILES string of the molecule is C[C@@H]1CCN(CC(=O)[C@H]2CC[C@@H]3[C@]2(C)CC[C@@H]2[C@H]4CC[C@@](C)(O)C[C@H]4CC[C@@]32C)C1. The van der Waals surface area contributed by atoms with Gasteiger partial charge in [0.15, 0.2) is 0 Å². The second kappa shape index (κ2) is 7.30. The molecule has 0 aromatic rings. The first-order valence-corrected chi connectivity index (χ1v) is 13.1. The van der Waals surface area contributed by atoms with E-state index in [4.69, 9.17) is 0 Å². The Kier molecular flexibility index (Phi) is 5.22. The third-order valence-corrected chi connectivity index (χ3v) is 11.1. The van der Waals surface area contributed by atoms with Gasteiger partial charge in [0.1, 0.15) is 5.78 Å². The number of rotatable bonds is 3. The lowest BCUT2D eigenvalue weighted by molar-refractivity contribution is -0.152. The van der Waals surface area contributed by atoms with Gasteiger partial charge in [-0.05, 0) is 118 Å². The molecule has 5 rings (SSSR count). The Balaban J connectivity index is 1.32. The van der Waals surface area contributed by atoms with Crippen LogP contribution in [0.15, 0.2) is 0 Å². The molecule has 1 N–H and O–H groups in total. The number of aliphatic hydroxyl groups is 1. The fraction of sp³-hybridized carbons (Fsp3) is 0.963. The van der Waals surface area contributed by atoms with Gasteiger partial charge in [-0.15, -0.1) is 0 Å². The molecule has 0 unspecified atom stereocenters. The van der Waals surface area contributed by atoms with Gasteiger partial charge >= 0.3 is 0 Å². The van der Waals surface area contributed by atoms with Crippen LogP contribution in [0.3, 0.4) is 0 Å². The van der Waals surface area contributed by atoms with E-state index in [1.165, 1.54) is 44.9 Å². The fourth-order valence-corrected chi connectivity index (χ4v) is 9.69. The molecule has 4 aliphatic carbocycles. The van der Waals surface area contributed by atoms with Gasteiger partial charge in [-0.2, -0.15) is 0 Å². The number of likely N-dealkylation sites (tertiary alicyclic amines) is 1. The van der Waals surface area contributed by atoms with Gasteiger partial charge in [-0.3, -0.25) is 9.69 Å². The van der Waals surface area contributed by atoms with Crippen LogP contribution in [0.2, 0.25) is 0 Å². The molecule has 5 fully saturated rings. The average molecular weight is 416 g/mol. The second-order valence-corrected chi connectivity index (χ2v) is 13.1. The Labute approximate surface area is 184 Å². The van der Waals surface area contributed by atoms with E-state index >= 15 is 0 Å². The highest BCUT2D eigenvalue weighted by molar-refractivity contribution is 5.84. The lowest BCUT2D eigenvalue weighted by Crippen LogP contribution is -2.56. The minimum absolute atomic E-state index is 0.223. The highest BCUT2D eigenvalue weighted by Gasteiger charge is 2.63. The first kappa shape index (κ1) is 21.4. The molecule has 30 heavy (non-hydrogen) atoms. The lowest BCUT2D eigenvalue weighted by Gasteiger charge is -2.62. The van der Waals surface area contributed by atoms with Gasteiger partial charge in [0.2, 0.25) is 0 Å². The normalized spacial score (nSPS) is 53.8. The predicted molar refractivity (Wildman–Crippen MR) is 121 cm³/mol. The summed E-state index contributed by atoms with van der Waals surface area (Å²) in [4.78, 5) is 15.9. The molecule has 1 saturated heterocycles. The zero-order valence-electron chi connectivity index (χ0n) is 20.0. The molecule has 0 amide bonds. The summed E-state index contributed by atoms with van der Waals surface area (Å²) in [5.41, 5.74) is 0.200. The molecule has 0 bridgehead atoms. The number of hydrogen-bond acceptors (Lipinski definition) is 3. The summed E-state index contributed by atoms with van der Waals surface area (Å²) < 4.78 is 0. The van der Waals surface area contributed by atoms with Crippen molar-refractivity contribution in [2.45, 2.75) is 97.5 Å². The quantitative estimate of drug-likeness (QED) is 0.679. The summed E-state index contributed by atoms with van der Waals surface area (Å²) >= 11 is 0. The molecule has 1 heterocycles. The van der Waals surface area contributed by atoms with E-state index in [0.29, 0.717) is 23.7 Å². The molecule has 0 radical (unpaired) electrons. The van der Waals surface area contributed by atoms with E-state index in [1.54, 1.807) is 0 Å². The van der Waals surface area contributed by atoms with E-state index in [9.17, 15) is 9.90 Å². The minimum Gasteiger partial charge on any atom is -0.390 e. The lowest BCUT2D eigenvalue weighted by atomic mass is 9.43. The van der Waals surface area contributed by atoms with Gasteiger partial charge in [0.05, 0.1) is 12.1 Å². The molecule has 170 valence electrons. The standard InChI is InChI=1S/C27H45NO2/c1-18-10-14-28(16-18)17-23(29)22-5-6-24-26(3)12-7-19-15-25(2,30)11-8-20(19)21(26)9-13-27(22,24)4/h18-22,24,30H,5-17H2,1-4H3/t18-,19-,20+,21-,22-,24+,25-,26-,27-/m1/s1. The number of hydrogen-bond donors (Lipinski definition) is 1. The van der Waals surface area contributed by atoms with Crippen molar-refractivity contribution >= 4 is 5.78 Å². The smallest absolute Gasteiger partial charge is 0.150 e. The van der Waals surface area contributed by atoms with Crippen molar-refractivity contribution in [3.05, 3.63) is 0 Å². The monoisotopic (exact) mass is 415 g/mol. The number of carbonyl (C=O) groups excluding carboxylic acids is 1. The molecule has 5 aliphatic rings. The van der Waals surface area contributed by atoms with Crippen LogP contribution in [0.1, 0.15) is 91.9 Å². The Morgan fingerprint density at radius 2 is 1.73 bits per heavy atom. The highest BCUT2D eigenvalue weighted by atomic mass is 16.3. The van der Waals surface area contributed by atoms with Gasteiger partial charge in [0, 0.05) is 12.5 Å². The van der Waals surface area contributed by atoms with Crippen molar-refractivity contribution in [1.82, 2.24) is 4.90 Å². The average Bonchev–Trinajstić information content (AvgIpc) is 3.24. The Morgan fingerprint density at radius 3 is 2.47 bits per heavy atom. The second-order valence-electron chi connectivity index (χ2n) is 13.1. The summed E-state index contributed by atoms with van der Waals surface area (Å²) in [6, 6.07) is 0. The Hall–Kier alpha value is -0.410. The Morgan fingerprint density at radius 1 is 0.967 bits per heavy atom.